The molecule has 27 heavy (non-hydrogen) atoms. The minimum Gasteiger partial charge on any atom is -0.263 e. The van der Waals surface area contributed by atoms with E-state index in [9.17, 15) is 0 Å². The molecule has 0 aromatic carbocycles. The van der Waals surface area contributed by atoms with Crippen molar-refractivity contribution < 1.29 is 9.59 Å². The Bertz CT molecular complexity index is 785. The molecule has 0 saturated heterocycles. The zero-order valence-corrected chi connectivity index (χ0v) is 18.0. The molecule has 6 heteroatoms. The highest BCUT2D eigenvalue weighted by atomic mass is 35.5. The summed E-state index contributed by atoms with van der Waals surface area (Å²) in [6.45, 7) is 14.0. The Morgan fingerprint density at radius 2 is 1.78 bits per heavy atom. The molecule has 2 aromatic rings. The minimum absolute atomic E-state index is 0.250. The molecule has 2 aromatic heterocycles. The highest BCUT2D eigenvalue weighted by Crippen LogP contribution is 2.34. The summed E-state index contributed by atoms with van der Waals surface area (Å²) < 4.78 is 2.01. The molecule has 148 valence electrons. The van der Waals surface area contributed by atoms with Gasteiger partial charge in [-0.05, 0) is 49.7 Å². The summed E-state index contributed by atoms with van der Waals surface area (Å²) in [6, 6.07) is 2.25. The van der Waals surface area contributed by atoms with Gasteiger partial charge in [-0.1, -0.05) is 46.2 Å². The molecule has 5 nitrogen and oxygen atoms in total. The van der Waals surface area contributed by atoms with Gasteiger partial charge in [-0.15, -0.1) is 0 Å². The van der Waals surface area contributed by atoms with Crippen LogP contribution in [0.1, 0.15) is 64.9 Å². The van der Waals surface area contributed by atoms with Gasteiger partial charge in [0.25, 0.3) is 0 Å². The van der Waals surface area contributed by atoms with Crippen LogP contribution in [-0.2, 0) is 35.4 Å². The summed E-state index contributed by atoms with van der Waals surface area (Å²) in [6.07, 6.45) is 6.20. The third kappa shape index (κ3) is 6.30. The molecule has 0 bridgehead atoms. The van der Waals surface area contributed by atoms with Crippen molar-refractivity contribution in [1.29, 1.82) is 0 Å². The van der Waals surface area contributed by atoms with E-state index in [4.69, 9.17) is 26.2 Å². The van der Waals surface area contributed by atoms with Crippen LogP contribution in [-0.4, -0.2) is 20.9 Å². The van der Waals surface area contributed by atoms with Crippen molar-refractivity contribution in [2.45, 2.75) is 73.8 Å². The molecule has 0 spiro atoms. The second kappa shape index (κ2) is 10.4. The maximum atomic E-state index is 8.12. The molecule has 0 N–H and O–H groups in total. The lowest BCUT2D eigenvalue weighted by atomic mass is 9.89. The van der Waals surface area contributed by atoms with Crippen molar-refractivity contribution in [3.63, 3.8) is 0 Å². The SMILES string of the molecule is CCc1cc(CCC(C)(C)C)ncc1-c1c(Cl)c(CC)nn1CC.O=C=O. The lowest BCUT2D eigenvalue weighted by molar-refractivity contribution is -0.191. The first kappa shape index (κ1) is 23.1. The zero-order chi connectivity index (χ0) is 20.6. The van der Waals surface area contributed by atoms with E-state index in [0.717, 1.165) is 54.2 Å². The van der Waals surface area contributed by atoms with E-state index in [1.807, 2.05) is 10.9 Å². The number of aryl methyl sites for hydroxylation is 4. The van der Waals surface area contributed by atoms with Crippen LogP contribution in [0.5, 0.6) is 0 Å². The molecule has 2 rings (SSSR count). The molecule has 0 aliphatic heterocycles. The number of halogens is 1. The van der Waals surface area contributed by atoms with Crippen LogP contribution in [0, 0.1) is 5.41 Å². The van der Waals surface area contributed by atoms with E-state index in [2.05, 4.69) is 52.7 Å². The van der Waals surface area contributed by atoms with E-state index < -0.39 is 0 Å². The van der Waals surface area contributed by atoms with Crippen molar-refractivity contribution in [1.82, 2.24) is 14.8 Å². The van der Waals surface area contributed by atoms with Gasteiger partial charge < -0.3 is 0 Å². The van der Waals surface area contributed by atoms with Crippen LogP contribution in [0.15, 0.2) is 12.3 Å². The van der Waals surface area contributed by atoms with E-state index in [-0.39, 0.29) is 6.15 Å². The van der Waals surface area contributed by atoms with E-state index >= 15 is 0 Å². The predicted octanol–water partition coefficient (Wildman–Crippen LogP) is 5.14. The van der Waals surface area contributed by atoms with Crippen molar-refractivity contribution in [2.24, 2.45) is 5.41 Å². The van der Waals surface area contributed by atoms with Crippen LogP contribution in [0.2, 0.25) is 5.02 Å². The largest absolute Gasteiger partial charge is 0.373 e. The molecule has 0 aliphatic carbocycles. The third-order valence-corrected chi connectivity index (χ3v) is 4.81. The average Bonchev–Trinajstić information content (AvgIpc) is 2.95. The molecular formula is C21H30ClN3O2. The average molecular weight is 392 g/mol. The number of rotatable bonds is 6. The maximum Gasteiger partial charge on any atom is 0.373 e. The van der Waals surface area contributed by atoms with Crippen molar-refractivity contribution in [3.8, 4) is 11.3 Å². The van der Waals surface area contributed by atoms with Crippen molar-refractivity contribution >= 4 is 17.8 Å². The number of pyridine rings is 1. The van der Waals surface area contributed by atoms with Gasteiger partial charge in [0, 0.05) is 24.0 Å². The molecule has 0 radical (unpaired) electrons. The Labute approximate surface area is 167 Å². The van der Waals surface area contributed by atoms with E-state index in [0.29, 0.717) is 5.41 Å². The number of carbonyl (C=O) groups excluding carboxylic acids is 2. The second-order valence-electron chi connectivity index (χ2n) is 7.61. The first-order valence-corrected chi connectivity index (χ1v) is 9.82. The fourth-order valence-corrected chi connectivity index (χ4v) is 3.26. The van der Waals surface area contributed by atoms with Gasteiger partial charge >= 0.3 is 6.15 Å². The van der Waals surface area contributed by atoms with Gasteiger partial charge in [-0.3, -0.25) is 9.67 Å². The van der Waals surface area contributed by atoms with Crippen LogP contribution < -0.4 is 0 Å². The fourth-order valence-electron chi connectivity index (χ4n) is 2.89. The van der Waals surface area contributed by atoms with Gasteiger partial charge in [0.15, 0.2) is 0 Å². The van der Waals surface area contributed by atoms with Gasteiger partial charge in [0.2, 0.25) is 0 Å². The number of hydrogen-bond donors (Lipinski definition) is 0. The topological polar surface area (TPSA) is 64.8 Å². The molecular weight excluding hydrogens is 362 g/mol. The lowest BCUT2D eigenvalue weighted by Crippen LogP contribution is -2.08. The Balaban J connectivity index is 0.00000114. The molecule has 0 saturated carbocycles. The Kier molecular flexibility index (Phi) is 8.87. The van der Waals surface area contributed by atoms with Gasteiger partial charge in [0.1, 0.15) is 0 Å². The summed E-state index contributed by atoms with van der Waals surface area (Å²) in [5.41, 5.74) is 5.89. The Morgan fingerprint density at radius 1 is 1.15 bits per heavy atom. The second-order valence-corrected chi connectivity index (χ2v) is 7.99. The summed E-state index contributed by atoms with van der Waals surface area (Å²) in [5, 5.41) is 5.42. The molecule has 0 fully saturated rings. The Hall–Kier alpha value is -1.97. The summed E-state index contributed by atoms with van der Waals surface area (Å²) in [5.74, 6) is 0. The third-order valence-electron chi connectivity index (χ3n) is 4.41. The minimum atomic E-state index is 0.250. The lowest BCUT2D eigenvalue weighted by Gasteiger charge is -2.18. The fraction of sp³-hybridized carbons (Fsp3) is 0.571. The highest BCUT2D eigenvalue weighted by Gasteiger charge is 2.19. The van der Waals surface area contributed by atoms with Crippen LogP contribution >= 0.6 is 11.6 Å². The van der Waals surface area contributed by atoms with Gasteiger partial charge in [-0.25, -0.2) is 0 Å². The molecule has 0 amide bonds. The smallest absolute Gasteiger partial charge is 0.263 e. The first-order chi connectivity index (χ1) is 12.7. The summed E-state index contributed by atoms with van der Waals surface area (Å²) in [7, 11) is 0. The van der Waals surface area contributed by atoms with Crippen molar-refractivity contribution in [3.05, 3.63) is 34.2 Å². The zero-order valence-electron chi connectivity index (χ0n) is 17.2. The maximum absolute atomic E-state index is 8.12. The number of hydrogen-bond acceptors (Lipinski definition) is 4. The van der Waals surface area contributed by atoms with Crippen LogP contribution in [0.3, 0.4) is 0 Å². The summed E-state index contributed by atoms with van der Waals surface area (Å²) in [4.78, 5) is 21.0. The summed E-state index contributed by atoms with van der Waals surface area (Å²) >= 11 is 6.62. The highest BCUT2D eigenvalue weighted by molar-refractivity contribution is 6.33. The van der Waals surface area contributed by atoms with Gasteiger partial charge in [-0.2, -0.15) is 14.7 Å². The molecule has 2 heterocycles. The predicted molar refractivity (Wildman–Crippen MR) is 108 cm³/mol. The molecule has 0 aliphatic rings. The molecule has 0 atom stereocenters. The van der Waals surface area contributed by atoms with E-state index in [1.165, 1.54) is 11.3 Å². The van der Waals surface area contributed by atoms with E-state index in [1.54, 1.807) is 0 Å². The standard InChI is InChI=1S/C20H30ClN3.CO2/c1-7-14-12-15(10-11-20(4,5)6)22-13-16(14)19-18(21)17(8-2)23-24(19)9-3;2-1-3/h12-13H,7-11H2,1-6H3;. The Morgan fingerprint density at radius 3 is 2.26 bits per heavy atom. The van der Waals surface area contributed by atoms with Crippen molar-refractivity contribution in [2.75, 3.05) is 0 Å². The normalized spacial score (nSPS) is 10.9. The number of nitrogens with zero attached hydrogens (tertiary/aromatic N) is 3. The number of aromatic nitrogens is 3. The first-order valence-electron chi connectivity index (χ1n) is 9.44. The van der Waals surface area contributed by atoms with Crippen LogP contribution in [0.4, 0.5) is 0 Å². The van der Waals surface area contributed by atoms with Crippen LogP contribution in [0.25, 0.3) is 11.3 Å². The monoisotopic (exact) mass is 391 g/mol. The molecule has 0 unspecified atom stereocenters. The quantitative estimate of drug-likeness (QED) is 0.683. The van der Waals surface area contributed by atoms with Gasteiger partial charge in [0.05, 0.1) is 16.4 Å².